The maximum Gasteiger partial charge on any atom is 0.332 e. The van der Waals surface area contributed by atoms with E-state index in [4.69, 9.17) is 23.4 Å². The number of hydrogen-bond donors (Lipinski definition) is 1. The van der Waals surface area contributed by atoms with E-state index in [1.165, 1.54) is 96.5 Å². The van der Waals surface area contributed by atoms with Gasteiger partial charge in [-0.25, -0.2) is 36.9 Å². The summed E-state index contributed by atoms with van der Waals surface area (Å²) in [6.07, 6.45) is 10.0. The van der Waals surface area contributed by atoms with Crippen LogP contribution in [-0.4, -0.2) is 139 Å². The first-order valence-corrected chi connectivity index (χ1v) is 38.6. The topological polar surface area (TPSA) is 231 Å². The van der Waals surface area contributed by atoms with Crippen LogP contribution in [0.5, 0.6) is 11.5 Å². The van der Waals surface area contributed by atoms with Crippen molar-refractivity contribution in [2.45, 2.75) is 166 Å². The zero-order valence-corrected chi connectivity index (χ0v) is 61.8. The predicted molar refractivity (Wildman–Crippen MR) is 394 cm³/mol. The molecule has 4 aliphatic rings. The van der Waals surface area contributed by atoms with E-state index in [2.05, 4.69) is 79.5 Å². The number of amides is 2. The van der Waals surface area contributed by atoms with Crippen molar-refractivity contribution >= 4 is 73.6 Å². The monoisotopic (exact) mass is 1460 g/mol. The Balaban J connectivity index is 0.000000194. The predicted octanol–water partition coefficient (Wildman–Crippen LogP) is 10.2. The number of fused-ring (bicyclic) bond motifs is 2. The van der Waals surface area contributed by atoms with Crippen molar-refractivity contribution in [1.29, 1.82) is 0 Å². The van der Waals surface area contributed by atoms with Gasteiger partial charge < -0.3 is 38.3 Å². The molecule has 2 amide bonds. The molecule has 0 radical (unpaired) electrons. The van der Waals surface area contributed by atoms with E-state index in [-0.39, 0.29) is 48.3 Å². The van der Waals surface area contributed by atoms with Crippen LogP contribution in [0.2, 0.25) is 5.04 Å². The summed E-state index contributed by atoms with van der Waals surface area (Å²) in [4.78, 5) is 87.9. The van der Waals surface area contributed by atoms with Gasteiger partial charge in [0, 0.05) is 80.3 Å². The normalized spacial score (nSPS) is 20.2. The summed E-state index contributed by atoms with van der Waals surface area (Å²) in [5.41, 5.74) is -0.168. The number of halogens is 2. The Bertz CT molecular complexity index is 4940. The van der Waals surface area contributed by atoms with Gasteiger partial charge in [-0.05, 0) is 142 Å². The van der Waals surface area contributed by atoms with Crippen LogP contribution in [-0.2, 0) is 36.6 Å². The fourth-order valence-corrected chi connectivity index (χ4v) is 22.7. The number of carbonyl (C=O) groups excluding carboxylic acids is 2. The SMILES string of the molecule is COc1ccc(F)cc1[C@H](Cn1c(=O)n([C@@H]2CCN(C)C2=O)c(=O)c2c(C)c(-n3cccn3)sc21)OC1CCC(O)CC1.COc1ccc(F)cc1[C@H](Cn1c(=O)n([C@@H]2CCN(C)C2=O)c(=O)c2c(C)c(-n3cccn3)sc21)OC1CCC(O[Si](c2ccccc2)(c2ccccc2)C(C)(C)C)CC1. The highest BCUT2D eigenvalue weighted by atomic mass is 32.1. The van der Waals surface area contributed by atoms with Crippen LogP contribution in [0.15, 0.2) is 153 Å². The van der Waals surface area contributed by atoms with Gasteiger partial charge in [-0.2, -0.15) is 10.2 Å². The van der Waals surface area contributed by atoms with Crippen molar-refractivity contribution in [2.24, 2.45) is 0 Å². The first-order valence-electron chi connectivity index (χ1n) is 35.0. The number of methoxy groups -OCH3 is 2. The third kappa shape index (κ3) is 14.0. The molecular weight excluding hydrogens is 1380 g/mol. The number of benzene rings is 4. The number of aliphatic hydroxyl groups is 1. The Labute approximate surface area is 602 Å². The molecule has 4 fully saturated rings. The summed E-state index contributed by atoms with van der Waals surface area (Å²) in [7, 11) is 3.53. The molecule has 542 valence electrons. The molecule has 2 saturated carbocycles. The highest BCUT2D eigenvalue weighted by Gasteiger charge is 2.52. The molecule has 2 aliphatic carbocycles. The van der Waals surface area contributed by atoms with Gasteiger partial charge in [0.25, 0.3) is 19.4 Å². The highest BCUT2D eigenvalue weighted by molar-refractivity contribution is 7.21. The van der Waals surface area contributed by atoms with E-state index in [0.29, 0.717) is 129 Å². The summed E-state index contributed by atoms with van der Waals surface area (Å²) in [5, 5.41) is 23.1. The molecule has 6 aromatic heterocycles. The van der Waals surface area contributed by atoms with Crippen molar-refractivity contribution in [3.8, 4) is 21.5 Å². The molecule has 1 N–H and O–H groups in total. The molecule has 0 spiro atoms. The van der Waals surface area contributed by atoms with Crippen molar-refractivity contribution in [1.82, 2.24) is 47.6 Å². The Morgan fingerprint density at radius 2 is 0.951 bits per heavy atom. The number of likely N-dealkylation sites (tertiary alicyclic amines) is 2. The number of rotatable bonds is 20. The van der Waals surface area contributed by atoms with Crippen LogP contribution in [0, 0.1) is 25.5 Å². The molecule has 14 rings (SSSR count). The minimum Gasteiger partial charge on any atom is -0.496 e. The quantitative estimate of drug-likeness (QED) is 0.0700. The lowest BCUT2D eigenvalue weighted by molar-refractivity contribution is -0.130. The zero-order chi connectivity index (χ0) is 72.8. The van der Waals surface area contributed by atoms with Crippen molar-refractivity contribution < 1.29 is 46.8 Å². The number of likely N-dealkylation sites (N-methyl/N-ethyl adjacent to an activating group) is 2. The second-order valence-electron chi connectivity index (χ2n) is 28.2. The number of aromatic nitrogens is 8. The van der Waals surface area contributed by atoms with E-state index in [1.807, 2.05) is 19.1 Å². The number of thiophene rings is 2. The summed E-state index contributed by atoms with van der Waals surface area (Å²) in [5.74, 6) is -0.750. The lowest BCUT2D eigenvalue weighted by Gasteiger charge is -2.46. The standard InChI is InChI=1S/C46H52FN5O6SSi.C30H34FN5O6S/c1-30-40-42(54)52(37-24-27-49(5)41(37)53)45(55)50(44(40)59-43(30)51-26-13-25-48-51)29-39(36-28-31(47)18-23-38(36)56-6)57-32-19-21-33(22-20-32)58-60(46(2,3)4,34-14-9-7-10-15-34)35-16-11-8-12-17-35;1-17-25-27(39)36(22-11-14-33(2)26(22)38)30(40)34(29(25)43-28(17)35-13-4-12-32-35)16-24(42-20-8-6-19(37)7-9-20)21-15-18(31)5-10-23(21)41-3/h7-18,23,25-26,28,32-33,37,39H,19-22,24,27,29H2,1-6H3;4-5,10,12-13,15,19-20,22,24,37H,6-9,11,14,16H2,1-3H3/t32?,33?,37-,39+;19?,20?,22-,24+/m11/s1. The molecule has 4 atom stereocenters. The van der Waals surface area contributed by atoms with Gasteiger partial charge in [-0.1, -0.05) is 104 Å². The number of carbonyl (C=O) groups is 2. The molecule has 0 bridgehead atoms. The van der Waals surface area contributed by atoms with E-state index in [9.17, 15) is 38.3 Å². The smallest absolute Gasteiger partial charge is 0.332 e. The average molecular weight is 1460 g/mol. The van der Waals surface area contributed by atoms with E-state index >= 15 is 4.39 Å². The second kappa shape index (κ2) is 30.0. The fourth-order valence-electron chi connectivity index (χ4n) is 15.4. The van der Waals surface area contributed by atoms with Crippen molar-refractivity contribution in [3.63, 3.8) is 0 Å². The molecule has 10 aromatic rings. The maximum atomic E-state index is 15.2. The Morgan fingerprint density at radius 1 is 0.553 bits per heavy atom. The molecule has 103 heavy (non-hydrogen) atoms. The molecule has 0 unspecified atom stereocenters. The molecule has 4 aromatic carbocycles. The molecule has 2 saturated heterocycles. The average Bonchev–Trinajstić information content (AvgIpc) is 1.67. The van der Waals surface area contributed by atoms with Gasteiger partial charge in [0.15, 0.2) is 0 Å². The van der Waals surface area contributed by atoms with Crippen LogP contribution >= 0.6 is 22.7 Å². The summed E-state index contributed by atoms with van der Waals surface area (Å²) in [6, 6.07) is 31.3. The van der Waals surface area contributed by atoms with Crippen LogP contribution in [0.3, 0.4) is 0 Å². The van der Waals surface area contributed by atoms with Crippen LogP contribution in [0.25, 0.3) is 30.4 Å². The molecule has 22 nitrogen and oxygen atoms in total. The maximum absolute atomic E-state index is 15.2. The van der Waals surface area contributed by atoms with Gasteiger partial charge in [0.1, 0.15) is 67.1 Å². The number of nitrogens with zero attached hydrogens (tertiary/aromatic N) is 10. The van der Waals surface area contributed by atoms with Gasteiger partial charge in [0.2, 0.25) is 11.8 Å². The van der Waals surface area contributed by atoms with Crippen molar-refractivity contribution in [3.05, 3.63) is 210 Å². The minimum absolute atomic E-state index is 0.0269. The summed E-state index contributed by atoms with van der Waals surface area (Å²) in [6.45, 7) is 11.2. The first kappa shape index (κ1) is 72.4. The van der Waals surface area contributed by atoms with E-state index < -0.39 is 72.8 Å². The number of hydrogen-bond acceptors (Lipinski definition) is 16. The zero-order valence-electron chi connectivity index (χ0n) is 59.2. The van der Waals surface area contributed by atoms with E-state index in [1.54, 1.807) is 73.4 Å². The van der Waals surface area contributed by atoms with Gasteiger partial charge in [-0.15, -0.1) is 0 Å². The van der Waals surface area contributed by atoms with E-state index in [0.717, 1.165) is 22.0 Å². The van der Waals surface area contributed by atoms with Gasteiger partial charge >= 0.3 is 11.4 Å². The minimum atomic E-state index is -2.80. The first-order chi connectivity index (χ1) is 49.5. The Morgan fingerprint density at radius 3 is 1.31 bits per heavy atom. The fraction of sp³-hybridized carbons (Fsp3) is 0.421. The second-order valence-corrected chi connectivity index (χ2v) is 34.4. The largest absolute Gasteiger partial charge is 0.496 e. The lowest BCUT2D eigenvalue weighted by Crippen LogP contribution is -2.67. The third-order valence-corrected chi connectivity index (χ3v) is 28.5. The van der Waals surface area contributed by atoms with Crippen LogP contribution in [0.4, 0.5) is 8.78 Å². The number of aryl methyl sites for hydroxylation is 2. The van der Waals surface area contributed by atoms with Crippen LogP contribution < -0.4 is 42.3 Å². The van der Waals surface area contributed by atoms with Crippen LogP contribution in [0.1, 0.15) is 132 Å². The molecule has 27 heteroatoms. The number of ether oxygens (including phenoxy) is 4. The summed E-state index contributed by atoms with van der Waals surface area (Å²) >= 11 is 2.52. The highest BCUT2D eigenvalue weighted by Crippen LogP contribution is 2.43. The Kier molecular flexibility index (Phi) is 21.1. The van der Waals surface area contributed by atoms with Gasteiger partial charge in [-0.3, -0.25) is 28.3 Å². The Hall–Kier alpha value is -8.96. The number of aliphatic hydroxyl groups excluding tert-OH is 1. The molecule has 8 heterocycles. The molecular formula is C76H86F2N10O12S2Si. The van der Waals surface area contributed by atoms with Gasteiger partial charge in [0.05, 0.1) is 56.4 Å². The third-order valence-electron chi connectivity index (χ3n) is 20.8. The molecule has 2 aliphatic heterocycles. The summed E-state index contributed by atoms with van der Waals surface area (Å²) < 4.78 is 70.8. The van der Waals surface area contributed by atoms with Crippen molar-refractivity contribution in [2.75, 3.05) is 41.4 Å². The lowest BCUT2D eigenvalue weighted by atomic mass is 9.94.